The van der Waals surface area contributed by atoms with E-state index in [2.05, 4.69) is 0 Å². The van der Waals surface area contributed by atoms with Gasteiger partial charge in [0.1, 0.15) is 11.7 Å². The van der Waals surface area contributed by atoms with E-state index in [1.54, 1.807) is 6.92 Å². The molecule has 0 spiro atoms. The number of esters is 1. The third kappa shape index (κ3) is 4.06. The number of hydrogen-bond donors (Lipinski definition) is 0. The van der Waals surface area contributed by atoms with E-state index < -0.39 is 5.92 Å². The van der Waals surface area contributed by atoms with E-state index in [0.29, 0.717) is 19.4 Å². The molecular weight excluding hydrogens is 168 g/mol. The molecule has 0 radical (unpaired) electrons. The van der Waals surface area contributed by atoms with Gasteiger partial charge in [0, 0.05) is 6.42 Å². The van der Waals surface area contributed by atoms with Crippen LogP contribution < -0.4 is 0 Å². The number of carbonyl (C=O) groups is 2. The zero-order valence-corrected chi connectivity index (χ0v) is 8.63. The molecule has 3 nitrogen and oxygen atoms in total. The zero-order valence-electron chi connectivity index (χ0n) is 8.63. The van der Waals surface area contributed by atoms with Gasteiger partial charge in [0.2, 0.25) is 0 Å². The van der Waals surface area contributed by atoms with Crippen LogP contribution in [0, 0.1) is 5.92 Å². The zero-order chi connectivity index (χ0) is 10.3. The van der Waals surface area contributed by atoms with Crippen LogP contribution in [0.25, 0.3) is 0 Å². The first-order valence-corrected chi connectivity index (χ1v) is 4.86. The lowest BCUT2D eigenvalue weighted by Gasteiger charge is -2.11. The van der Waals surface area contributed by atoms with Crippen LogP contribution in [-0.4, -0.2) is 18.4 Å². The van der Waals surface area contributed by atoms with Crippen molar-refractivity contribution in [3.63, 3.8) is 0 Å². The molecule has 0 saturated carbocycles. The van der Waals surface area contributed by atoms with Crippen LogP contribution in [0.1, 0.15) is 40.0 Å². The van der Waals surface area contributed by atoms with Crippen molar-refractivity contribution < 1.29 is 14.3 Å². The lowest BCUT2D eigenvalue weighted by molar-refractivity contribution is -0.151. The van der Waals surface area contributed by atoms with Gasteiger partial charge >= 0.3 is 5.97 Å². The van der Waals surface area contributed by atoms with Gasteiger partial charge in [-0.2, -0.15) is 0 Å². The van der Waals surface area contributed by atoms with Crippen molar-refractivity contribution in [2.45, 2.75) is 40.0 Å². The molecule has 0 N–H and O–H groups in total. The molecule has 0 fully saturated rings. The maximum Gasteiger partial charge on any atom is 0.316 e. The summed E-state index contributed by atoms with van der Waals surface area (Å²) in [7, 11) is 0. The highest BCUT2D eigenvalue weighted by Crippen LogP contribution is 2.10. The minimum absolute atomic E-state index is 0.00319. The summed E-state index contributed by atoms with van der Waals surface area (Å²) in [6.45, 7) is 5.84. The van der Waals surface area contributed by atoms with Crippen molar-refractivity contribution in [2.24, 2.45) is 5.92 Å². The van der Waals surface area contributed by atoms with Gasteiger partial charge in [-0.3, -0.25) is 9.59 Å². The van der Waals surface area contributed by atoms with Crippen molar-refractivity contribution in [3.05, 3.63) is 0 Å². The minimum atomic E-state index is -0.542. The molecule has 0 aliphatic rings. The number of ether oxygens (including phenoxy) is 1. The molecule has 0 rings (SSSR count). The van der Waals surface area contributed by atoms with E-state index >= 15 is 0 Å². The summed E-state index contributed by atoms with van der Waals surface area (Å²) in [6.07, 6.45) is 1.80. The third-order valence-corrected chi connectivity index (χ3v) is 1.86. The van der Waals surface area contributed by atoms with E-state index in [1.807, 2.05) is 13.8 Å². The first-order valence-electron chi connectivity index (χ1n) is 4.86. The van der Waals surface area contributed by atoms with E-state index in [9.17, 15) is 9.59 Å². The van der Waals surface area contributed by atoms with E-state index in [4.69, 9.17) is 4.74 Å². The Morgan fingerprint density at radius 1 is 1.23 bits per heavy atom. The predicted octanol–water partition coefficient (Wildman–Crippen LogP) is 1.94. The lowest BCUT2D eigenvalue weighted by atomic mass is 9.98. The quantitative estimate of drug-likeness (QED) is 0.470. The molecule has 76 valence electrons. The van der Waals surface area contributed by atoms with Crippen molar-refractivity contribution in [1.82, 2.24) is 0 Å². The average molecular weight is 186 g/mol. The highest BCUT2D eigenvalue weighted by Gasteiger charge is 2.24. The molecular formula is C10H18O3. The van der Waals surface area contributed by atoms with Gasteiger partial charge in [-0.05, 0) is 19.8 Å². The Bertz CT molecular complexity index is 157. The summed E-state index contributed by atoms with van der Waals surface area (Å²) in [5.41, 5.74) is 0. The average Bonchev–Trinajstić information content (AvgIpc) is 2.06. The monoisotopic (exact) mass is 186 g/mol. The van der Waals surface area contributed by atoms with Gasteiger partial charge in [-0.25, -0.2) is 0 Å². The minimum Gasteiger partial charge on any atom is -0.465 e. The van der Waals surface area contributed by atoms with Crippen LogP contribution in [0.4, 0.5) is 0 Å². The van der Waals surface area contributed by atoms with Gasteiger partial charge in [0.25, 0.3) is 0 Å². The summed E-state index contributed by atoms with van der Waals surface area (Å²) in [4.78, 5) is 22.6. The van der Waals surface area contributed by atoms with E-state index in [0.717, 1.165) is 6.42 Å². The predicted molar refractivity (Wildman–Crippen MR) is 50.3 cm³/mol. The van der Waals surface area contributed by atoms with Gasteiger partial charge in [0.05, 0.1) is 6.61 Å². The molecule has 0 heterocycles. The number of rotatable bonds is 6. The van der Waals surface area contributed by atoms with Crippen molar-refractivity contribution >= 4 is 11.8 Å². The SMILES string of the molecule is CCCC(=O)[C@H](CC)C(=O)OCC. The van der Waals surface area contributed by atoms with Crippen LogP contribution in [-0.2, 0) is 14.3 Å². The summed E-state index contributed by atoms with van der Waals surface area (Å²) < 4.78 is 4.80. The van der Waals surface area contributed by atoms with Crippen LogP contribution in [0.3, 0.4) is 0 Å². The summed E-state index contributed by atoms with van der Waals surface area (Å²) >= 11 is 0. The maximum absolute atomic E-state index is 11.4. The molecule has 0 aliphatic heterocycles. The van der Waals surface area contributed by atoms with Crippen molar-refractivity contribution in [3.8, 4) is 0 Å². The fraction of sp³-hybridized carbons (Fsp3) is 0.800. The standard InChI is InChI=1S/C10H18O3/c1-4-7-9(11)8(5-2)10(12)13-6-3/h8H,4-7H2,1-3H3/t8-/m0/s1. The van der Waals surface area contributed by atoms with Crippen LogP contribution in [0.15, 0.2) is 0 Å². The van der Waals surface area contributed by atoms with Crippen molar-refractivity contribution in [2.75, 3.05) is 6.61 Å². The number of hydrogen-bond acceptors (Lipinski definition) is 3. The molecule has 13 heavy (non-hydrogen) atoms. The highest BCUT2D eigenvalue weighted by molar-refractivity contribution is 5.98. The maximum atomic E-state index is 11.4. The Kier molecular flexibility index (Phi) is 6.20. The Morgan fingerprint density at radius 2 is 1.85 bits per heavy atom. The second kappa shape index (κ2) is 6.63. The molecule has 0 amide bonds. The molecule has 0 aromatic heterocycles. The Morgan fingerprint density at radius 3 is 2.23 bits per heavy atom. The van der Waals surface area contributed by atoms with Crippen LogP contribution in [0.2, 0.25) is 0 Å². The fourth-order valence-corrected chi connectivity index (χ4v) is 1.19. The molecule has 0 aromatic carbocycles. The summed E-state index contributed by atoms with van der Waals surface area (Å²) in [6, 6.07) is 0. The molecule has 3 heteroatoms. The van der Waals surface area contributed by atoms with Crippen molar-refractivity contribution in [1.29, 1.82) is 0 Å². The highest BCUT2D eigenvalue weighted by atomic mass is 16.5. The first kappa shape index (κ1) is 12.1. The second-order valence-corrected chi connectivity index (χ2v) is 2.93. The van der Waals surface area contributed by atoms with Gasteiger partial charge in [-0.15, -0.1) is 0 Å². The van der Waals surface area contributed by atoms with Crippen LogP contribution >= 0.6 is 0 Å². The Hall–Kier alpha value is -0.860. The fourth-order valence-electron chi connectivity index (χ4n) is 1.19. The molecule has 1 atom stereocenters. The van der Waals surface area contributed by atoms with Gasteiger partial charge in [-0.1, -0.05) is 13.8 Å². The number of ketones is 1. The van der Waals surface area contributed by atoms with E-state index in [1.165, 1.54) is 0 Å². The largest absolute Gasteiger partial charge is 0.465 e. The van der Waals surface area contributed by atoms with Gasteiger partial charge in [0.15, 0.2) is 0 Å². The van der Waals surface area contributed by atoms with E-state index in [-0.39, 0.29) is 11.8 Å². The molecule has 0 saturated heterocycles. The smallest absolute Gasteiger partial charge is 0.316 e. The van der Waals surface area contributed by atoms with Crippen LogP contribution in [0.5, 0.6) is 0 Å². The Balaban J connectivity index is 4.15. The number of Topliss-reactive ketones (excluding diaryl/α,β-unsaturated/α-hetero) is 1. The lowest BCUT2D eigenvalue weighted by Crippen LogP contribution is -2.25. The number of carbonyl (C=O) groups excluding carboxylic acids is 2. The Labute approximate surface area is 79.5 Å². The molecule has 0 aromatic rings. The first-order chi connectivity index (χ1) is 6.17. The topological polar surface area (TPSA) is 43.4 Å². The molecule has 0 bridgehead atoms. The molecule has 0 aliphatic carbocycles. The normalized spacial score (nSPS) is 12.2. The summed E-state index contributed by atoms with van der Waals surface area (Å²) in [5, 5.41) is 0. The summed E-state index contributed by atoms with van der Waals surface area (Å²) in [5.74, 6) is -0.910. The third-order valence-electron chi connectivity index (χ3n) is 1.86. The molecule has 0 unspecified atom stereocenters. The second-order valence-electron chi connectivity index (χ2n) is 2.93. The van der Waals surface area contributed by atoms with Gasteiger partial charge < -0.3 is 4.74 Å².